The lowest BCUT2D eigenvalue weighted by atomic mass is 10.2. The van der Waals surface area contributed by atoms with Gasteiger partial charge in [0.15, 0.2) is 5.82 Å². The van der Waals surface area contributed by atoms with Gasteiger partial charge in [-0.25, -0.2) is 13.9 Å². The Bertz CT molecular complexity index is 1100. The van der Waals surface area contributed by atoms with E-state index in [1.807, 2.05) is 0 Å². The number of ether oxygens (including phenoxy) is 1. The molecule has 1 N–H and O–H groups in total. The molecule has 1 amide bonds. The van der Waals surface area contributed by atoms with Gasteiger partial charge >= 0.3 is 0 Å². The maximum absolute atomic E-state index is 13.2. The first kappa shape index (κ1) is 17.6. The molecule has 0 radical (unpaired) electrons. The molecule has 0 aliphatic heterocycles. The van der Waals surface area contributed by atoms with E-state index < -0.39 is 0 Å². The third kappa shape index (κ3) is 4.29. The predicted octanol–water partition coefficient (Wildman–Crippen LogP) is 3.02. The van der Waals surface area contributed by atoms with Crippen LogP contribution in [0.4, 0.5) is 10.1 Å². The molecule has 0 saturated heterocycles. The average molecular weight is 377 g/mol. The Labute approximate surface area is 159 Å². The van der Waals surface area contributed by atoms with Crippen molar-refractivity contribution in [2.24, 2.45) is 0 Å². The molecule has 7 nitrogen and oxygen atoms in total. The topological polar surface area (TPSA) is 81.4 Å². The highest BCUT2D eigenvalue weighted by molar-refractivity contribution is 5.92. The average Bonchev–Trinajstić information content (AvgIpc) is 3.09. The minimum atomic E-state index is -0.308. The summed E-state index contributed by atoms with van der Waals surface area (Å²) in [6, 6.07) is 14.9. The molecule has 0 fully saturated rings. The zero-order valence-electron chi connectivity index (χ0n) is 14.7. The molecule has 0 spiro atoms. The van der Waals surface area contributed by atoms with E-state index in [1.165, 1.54) is 16.6 Å². The Morgan fingerprint density at radius 1 is 1.14 bits per heavy atom. The number of nitrogens with zero attached hydrogens (tertiary/aromatic N) is 4. The number of amides is 1. The van der Waals surface area contributed by atoms with E-state index in [-0.39, 0.29) is 24.8 Å². The van der Waals surface area contributed by atoms with Crippen LogP contribution in [-0.4, -0.2) is 25.5 Å². The van der Waals surface area contributed by atoms with E-state index in [1.54, 1.807) is 54.9 Å². The number of halogens is 1. The van der Waals surface area contributed by atoms with Crippen LogP contribution >= 0.6 is 0 Å². The van der Waals surface area contributed by atoms with Crippen molar-refractivity contribution in [3.8, 4) is 5.75 Å². The normalized spacial score (nSPS) is 10.8. The zero-order chi connectivity index (χ0) is 19.3. The van der Waals surface area contributed by atoms with Crippen molar-refractivity contribution >= 4 is 17.4 Å². The summed E-state index contributed by atoms with van der Waals surface area (Å²) < 4.78 is 20.4. The van der Waals surface area contributed by atoms with Crippen LogP contribution in [0.15, 0.2) is 67.0 Å². The van der Waals surface area contributed by atoms with Crippen LogP contribution in [0.5, 0.6) is 5.75 Å². The molecule has 2 aromatic heterocycles. The van der Waals surface area contributed by atoms with Gasteiger partial charge in [0.05, 0.1) is 6.42 Å². The van der Waals surface area contributed by atoms with Gasteiger partial charge in [-0.1, -0.05) is 18.2 Å². The summed E-state index contributed by atoms with van der Waals surface area (Å²) in [6.07, 6.45) is 3.36. The highest BCUT2D eigenvalue weighted by Gasteiger charge is 2.10. The van der Waals surface area contributed by atoms with E-state index in [0.29, 0.717) is 23.0 Å². The Kier molecular flexibility index (Phi) is 4.92. The lowest BCUT2D eigenvalue weighted by Gasteiger charge is -2.09. The second-order valence-electron chi connectivity index (χ2n) is 6.06. The number of rotatable bonds is 6. The van der Waals surface area contributed by atoms with Crippen molar-refractivity contribution in [1.29, 1.82) is 0 Å². The van der Waals surface area contributed by atoms with Crippen LogP contribution < -0.4 is 10.1 Å². The molecule has 8 heteroatoms. The van der Waals surface area contributed by atoms with Gasteiger partial charge in [0, 0.05) is 24.1 Å². The summed E-state index contributed by atoms with van der Waals surface area (Å²) in [5.41, 5.74) is 1.31. The monoisotopic (exact) mass is 377 g/mol. The highest BCUT2D eigenvalue weighted by atomic mass is 19.1. The largest absolute Gasteiger partial charge is 0.489 e. The molecule has 0 aliphatic rings. The number of carbonyl (C=O) groups excluding carboxylic acids is 1. The number of fused-ring (bicyclic) bond motifs is 1. The van der Waals surface area contributed by atoms with Gasteiger partial charge in [-0.05, 0) is 35.9 Å². The van der Waals surface area contributed by atoms with Crippen molar-refractivity contribution in [3.63, 3.8) is 0 Å². The van der Waals surface area contributed by atoms with Gasteiger partial charge in [-0.15, -0.1) is 5.10 Å². The molecule has 28 heavy (non-hydrogen) atoms. The van der Waals surface area contributed by atoms with Crippen LogP contribution in [-0.2, 0) is 17.8 Å². The predicted molar refractivity (Wildman–Crippen MR) is 100 cm³/mol. The number of hydrogen-bond acceptors (Lipinski definition) is 5. The summed E-state index contributed by atoms with van der Waals surface area (Å²) in [5, 5.41) is 7.00. The Balaban J connectivity index is 1.37. The molecule has 0 saturated carbocycles. The molecule has 0 aliphatic carbocycles. The van der Waals surface area contributed by atoms with Crippen molar-refractivity contribution < 1.29 is 13.9 Å². The fourth-order valence-electron chi connectivity index (χ4n) is 2.66. The van der Waals surface area contributed by atoms with Gasteiger partial charge in [-0.3, -0.25) is 4.79 Å². The summed E-state index contributed by atoms with van der Waals surface area (Å²) >= 11 is 0. The summed E-state index contributed by atoms with van der Waals surface area (Å²) in [7, 11) is 0. The third-order valence-corrected chi connectivity index (χ3v) is 3.89. The van der Waals surface area contributed by atoms with Crippen LogP contribution in [0.1, 0.15) is 11.4 Å². The molecule has 0 atom stereocenters. The molecule has 4 aromatic rings. The van der Waals surface area contributed by atoms with E-state index in [0.717, 1.165) is 5.56 Å². The minimum Gasteiger partial charge on any atom is -0.489 e. The summed E-state index contributed by atoms with van der Waals surface area (Å²) in [4.78, 5) is 20.6. The van der Waals surface area contributed by atoms with E-state index >= 15 is 0 Å². The molecule has 140 valence electrons. The van der Waals surface area contributed by atoms with Gasteiger partial charge in [0.2, 0.25) is 5.91 Å². The first-order valence-electron chi connectivity index (χ1n) is 8.59. The van der Waals surface area contributed by atoms with Gasteiger partial charge < -0.3 is 10.1 Å². The van der Waals surface area contributed by atoms with Crippen molar-refractivity contribution in [2.45, 2.75) is 13.0 Å². The molecule has 2 aromatic carbocycles. The van der Waals surface area contributed by atoms with E-state index in [4.69, 9.17) is 4.74 Å². The lowest BCUT2D eigenvalue weighted by molar-refractivity contribution is -0.115. The lowest BCUT2D eigenvalue weighted by Crippen LogP contribution is -2.15. The number of nitrogens with one attached hydrogen (secondary N) is 1. The molecular formula is C20H16FN5O2. The number of hydrogen-bond donors (Lipinski definition) is 1. The molecular weight excluding hydrogens is 361 g/mol. The Morgan fingerprint density at radius 2 is 2.04 bits per heavy atom. The second-order valence-corrected chi connectivity index (χ2v) is 6.06. The molecule has 0 unspecified atom stereocenters. The SMILES string of the molecule is O=C(Cc1nc2ncccn2n1)Nc1cccc(OCc2cccc(F)c2)c1. The van der Waals surface area contributed by atoms with Crippen LogP contribution in [0.25, 0.3) is 5.78 Å². The van der Waals surface area contributed by atoms with Crippen molar-refractivity contribution in [1.82, 2.24) is 19.6 Å². The molecule has 4 rings (SSSR count). The highest BCUT2D eigenvalue weighted by Crippen LogP contribution is 2.19. The van der Waals surface area contributed by atoms with Crippen LogP contribution in [0.3, 0.4) is 0 Å². The van der Waals surface area contributed by atoms with Crippen LogP contribution in [0.2, 0.25) is 0 Å². The fraction of sp³-hybridized carbons (Fsp3) is 0.100. The Hall–Kier alpha value is -3.81. The van der Waals surface area contributed by atoms with Gasteiger partial charge in [0.25, 0.3) is 5.78 Å². The van der Waals surface area contributed by atoms with Crippen LogP contribution in [0, 0.1) is 5.82 Å². The quantitative estimate of drug-likeness (QED) is 0.559. The second kappa shape index (κ2) is 7.83. The number of anilines is 1. The summed E-state index contributed by atoms with van der Waals surface area (Å²) in [5.74, 6) is 0.834. The number of aromatic nitrogens is 4. The molecule has 2 heterocycles. The first-order chi connectivity index (χ1) is 13.7. The zero-order valence-corrected chi connectivity index (χ0v) is 14.7. The maximum Gasteiger partial charge on any atom is 0.252 e. The smallest absolute Gasteiger partial charge is 0.252 e. The minimum absolute atomic E-state index is 0.0255. The van der Waals surface area contributed by atoms with Crippen molar-refractivity contribution in [3.05, 3.63) is 84.2 Å². The maximum atomic E-state index is 13.2. The van der Waals surface area contributed by atoms with Gasteiger partial charge in [0.1, 0.15) is 18.2 Å². The standard InChI is InChI=1S/C20H16FN5O2/c21-15-5-1-4-14(10-15)13-28-17-7-2-6-16(11-17)23-19(27)12-18-24-20-22-8-3-9-26(20)25-18/h1-11H,12-13H2,(H,23,27). The van der Waals surface area contributed by atoms with Gasteiger partial charge in [-0.2, -0.15) is 4.98 Å². The summed E-state index contributed by atoms with van der Waals surface area (Å²) in [6.45, 7) is 0.229. The number of carbonyl (C=O) groups is 1. The first-order valence-corrected chi connectivity index (χ1v) is 8.59. The molecule has 0 bridgehead atoms. The van der Waals surface area contributed by atoms with Crippen molar-refractivity contribution in [2.75, 3.05) is 5.32 Å². The van der Waals surface area contributed by atoms with E-state index in [2.05, 4.69) is 20.4 Å². The van der Waals surface area contributed by atoms with E-state index in [9.17, 15) is 9.18 Å². The number of benzene rings is 2. The third-order valence-electron chi connectivity index (χ3n) is 3.89. The Morgan fingerprint density at radius 3 is 2.89 bits per heavy atom. The fourth-order valence-corrected chi connectivity index (χ4v) is 2.66.